The van der Waals surface area contributed by atoms with Gasteiger partial charge in [0.2, 0.25) is 0 Å². The van der Waals surface area contributed by atoms with Crippen LogP contribution in [0.25, 0.3) is 0 Å². The van der Waals surface area contributed by atoms with E-state index in [1.807, 2.05) is 6.07 Å². The van der Waals surface area contributed by atoms with Crippen molar-refractivity contribution in [3.63, 3.8) is 0 Å². The van der Waals surface area contributed by atoms with Crippen LogP contribution in [0.5, 0.6) is 0 Å². The predicted molar refractivity (Wildman–Crippen MR) is 78.2 cm³/mol. The Balaban J connectivity index is 1.68. The number of nitrogens with zero attached hydrogens (tertiary/aromatic N) is 2. The van der Waals surface area contributed by atoms with E-state index in [1.54, 1.807) is 6.20 Å². The molecule has 2 unspecified atom stereocenters. The first-order valence-electron chi connectivity index (χ1n) is 6.47. The average Bonchev–Trinajstić information content (AvgIpc) is 3.09. The van der Waals surface area contributed by atoms with Crippen LogP contribution in [0.3, 0.4) is 0 Å². The molecule has 0 radical (unpaired) electrons. The minimum absolute atomic E-state index is 0.481. The van der Waals surface area contributed by atoms with Crippen molar-refractivity contribution in [2.45, 2.75) is 44.3 Å². The molecule has 5 heteroatoms. The van der Waals surface area contributed by atoms with Gasteiger partial charge in [0, 0.05) is 35.3 Å². The molecule has 2 fully saturated rings. The zero-order valence-corrected chi connectivity index (χ0v) is 12.7. The first-order chi connectivity index (χ1) is 8.63. The summed E-state index contributed by atoms with van der Waals surface area (Å²) in [6.07, 6.45) is 5.65. The monoisotopic (exact) mass is 329 g/mol. The molecule has 1 saturated heterocycles. The van der Waals surface area contributed by atoms with Crippen molar-refractivity contribution in [1.29, 1.82) is 0 Å². The highest BCUT2D eigenvalue weighted by molar-refractivity contribution is 9.10. The molecule has 3 rings (SSSR count). The number of hydrogen-bond donors (Lipinski definition) is 1. The van der Waals surface area contributed by atoms with Crippen molar-refractivity contribution in [1.82, 2.24) is 9.88 Å². The molecule has 1 aliphatic heterocycles. The van der Waals surface area contributed by atoms with Crippen molar-refractivity contribution in [3.05, 3.63) is 21.9 Å². The standard InChI is InChI=1S/C13H17BrClN3/c1-8-4-10(7-18(8)11-2-3-11)17-12-5-9(14)6-16-13(12)15/h5-6,8,10-11,17H,2-4,7H2,1H3. The van der Waals surface area contributed by atoms with Crippen LogP contribution in [0.4, 0.5) is 5.69 Å². The molecule has 1 aliphatic carbocycles. The third-order valence-corrected chi connectivity index (χ3v) is 4.54. The van der Waals surface area contributed by atoms with Gasteiger partial charge in [0.1, 0.15) is 0 Å². The van der Waals surface area contributed by atoms with Crippen LogP contribution in [-0.4, -0.2) is 34.6 Å². The molecule has 0 bridgehead atoms. The molecular formula is C13H17BrClN3. The normalized spacial score (nSPS) is 28.6. The van der Waals surface area contributed by atoms with Gasteiger partial charge in [0.15, 0.2) is 5.15 Å². The average molecular weight is 331 g/mol. The SMILES string of the molecule is CC1CC(Nc2cc(Br)cnc2Cl)CN1C1CC1. The Morgan fingerprint density at radius 2 is 2.28 bits per heavy atom. The van der Waals surface area contributed by atoms with Gasteiger partial charge in [-0.2, -0.15) is 0 Å². The summed E-state index contributed by atoms with van der Waals surface area (Å²) in [4.78, 5) is 6.77. The lowest BCUT2D eigenvalue weighted by Crippen LogP contribution is -2.31. The second kappa shape index (κ2) is 4.99. The number of hydrogen-bond acceptors (Lipinski definition) is 3. The zero-order valence-electron chi connectivity index (χ0n) is 10.4. The fourth-order valence-corrected chi connectivity index (χ4v) is 3.31. The minimum atomic E-state index is 0.481. The van der Waals surface area contributed by atoms with E-state index in [1.165, 1.54) is 19.3 Å². The third-order valence-electron chi connectivity index (χ3n) is 3.80. The van der Waals surface area contributed by atoms with Gasteiger partial charge in [-0.25, -0.2) is 4.98 Å². The smallest absolute Gasteiger partial charge is 0.152 e. The molecule has 0 aromatic carbocycles. The molecule has 1 saturated carbocycles. The molecular weight excluding hydrogens is 314 g/mol. The molecule has 3 nitrogen and oxygen atoms in total. The molecule has 1 aromatic rings. The number of aromatic nitrogens is 1. The summed E-state index contributed by atoms with van der Waals surface area (Å²) in [5, 5.41) is 4.08. The summed E-state index contributed by atoms with van der Waals surface area (Å²) in [5.41, 5.74) is 0.931. The Bertz CT molecular complexity index is 450. The molecule has 98 valence electrons. The van der Waals surface area contributed by atoms with Crippen LogP contribution in [-0.2, 0) is 0 Å². The summed E-state index contributed by atoms with van der Waals surface area (Å²) < 4.78 is 0.958. The van der Waals surface area contributed by atoms with Gasteiger partial charge in [0.05, 0.1) is 5.69 Å². The summed E-state index contributed by atoms with van der Waals surface area (Å²) in [5.74, 6) is 0. The Morgan fingerprint density at radius 1 is 1.50 bits per heavy atom. The van der Waals surface area contributed by atoms with Gasteiger partial charge >= 0.3 is 0 Å². The van der Waals surface area contributed by atoms with Crippen molar-refractivity contribution in [3.8, 4) is 0 Å². The van der Waals surface area contributed by atoms with Crippen molar-refractivity contribution >= 4 is 33.2 Å². The fraction of sp³-hybridized carbons (Fsp3) is 0.615. The van der Waals surface area contributed by atoms with Gasteiger partial charge in [-0.3, -0.25) is 4.90 Å². The summed E-state index contributed by atoms with van der Waals surface area (Å²) in [6, 6.07) is 3.99. The Morgan fingerprint density at radius 3 is 3.00 bits per heavy atom. The maximum atomic E-state index is 6.11. The van der Waals surface area contributed by atoms with Crippen molar-refractivity contribution in [2.24, 2.45) is 0 Å². The van der Waals surface area contributed by atoms with E-state index >= 15 is 0 Å². The van der Waals surface area contributed by atoms with E-state index in [2.05, 4.69) is 38.1 Å². The second-order valence-electron chi connectivity index (χ2n) is 5.35. The van der Waals surface area contributed by atoms with Crippen LogP contribution < -0.4 is 5.32 Å². The van der Waals surface area contributed by atoms with Crippen LogP contribution >= 0.6 is 27.5 Å². The molecule has 2 aliphatic rings. The molecule has 0 spiro atoms. The molecule has 0 amide bonds. The first-order valence-corrected chi connectivity index (χ1v) is 7.64. The van der Waals surface area contributed by atoms with Crippen LogP contribution in [0, 0.1) is 0 Å². The number of anilines is 1. The van der Waals surface area contributed by atoms with E-state index in [-0.39, 0.29) is 0 Å². The molecule has 18 heavy (non-hydrogen) atoms. The fourth-order valence-electron chi connectivity index (χ4n) is 2.82. The quantitative estimate of drug-likeness (QED) is 0.859. The number of likely N-dealkylation sites (tertiary alicyclic amines) is 1. The highest BCUT2D eigenvalue weighted by Crippen LogP contribution is 2.34. The van der Waals surface area contributed by atoms with Crippen LogP contribution in [0.1, 0.15) is 26.2 Å². The number of pyridine rings is 1. The largest absolute Gasteiger partial charge is 0.378 e. The van der Waals surface area contributed by atoms with E-state index in [9.17, 15) is 0 Å². The predicted octanol–water partition coefficient (Wildman–Crippen LogP) is 3.53. The number of nitrogens with one attached hydrogen (secondary N) is 1. The molecule has 2 atom stereocenters. The Hall–Kier alpha value is -0.320. The van der Waals surface area contributed by atoms with Gasteiger partial charge in [-0.15, -0.1) is 0 Å². The first kappa shape index (κ1) is 12.7. The van der Waals surface area contributed by atoms with E-state index in [4.69, 9.17) is 11.6 Å². The topological polar surface area (TPSA) is 28.2 Å². The van der Waals surface area contributed by atoms with Gasteiger partial charge in [-0.1, -0.05) is 11.6 Å². The van der Waals surface area contributed by atoms with E-state index in [0.717, 1.165) is 22.7 Å². The minimum Gasteiger partial charge on any atom is -0.378 e. The lowest BCUT2D eigenvalue weighted by molar-refractivity contribution is 0.257. The highest BCUT2D eigenvalue weighted by Gasteiger charge is 2.38. The molecule has 2 heterocycles. The lowest BCUT2D eigenvalue weighted by atomic mass is 10.2. The second-order valence-corrected chi connectivity index (χ2v) is 6.62. The van der Waals surface area contributed by atoms with Gasteiger partial charge in [0.25, 0.3) is 0 Å². The van der Waals surface area contributed by atoms with Crippen LogP contribution in [0.15, 0.2) is 16.7 Å². The zero-order chi connectivity index (χ0) is 12.7. The number of halogens is 2. The lowest BCUT2D eigenvalue weighted by Gasteiger charge is -2.20. The van der Waals surface area contributed by atoms with E-state index in [0.29, 0.717) is 17.2 Å². The maximum absolute atomic E-state index is 6.11. The van der Waals surface area contributed by atoms with Gasteiger partial charge < -0.3 is 5.32 Å². The van der Waals surface area contributed by atoms with Crippen molar-refractivity contribution < 1.29 is 0 Å². The van der Waals surface area contributed by atoms with E-state index < -0.39 is 0 Å². The molecule has 1 N–H and O–H groups in total. The summed E-state index contributed by atoms with van der Waals surface area (Å²) in [7, 11) is 0. The van der Waals surface area contributed by atoms with Gasteiger partial charge in [-0.05, 0) is 48.2 Å². The Kier molecular flexibility index (Phi) is 3.52. The van der Waals surface area contributed by atoms with Crippen molar-refractivity contribution in [2.75, 3.05) is 11.9 Å². The molecule has 1 aromatic heterocycles. The van der Waals surface area contributed by atoms with Crippen LogP contribution in [0.2, 0.25) is 5.15 Å². The number of rotatable bonds is 3. The Labute approximate surface area is 121 Å². The highest BCUT2D eigenvalue weighted by atomic mass is 79.9. The summed E-state index contributed by atoms with van der Waals surface area (Å²) in [6.45, 7) is 3.44. The maximum Gasteiger partial charge on any atom is 0.152 e. The third kappa shape index (κ3) is 2.65. The summed E-state index contributed by atoms with van der Waals surface area (Å²) >= 11 is 9.55.